The molecule has 2 aliphatic rings. The van der Waals surface area contributed by atoms with Gasteiger partial charge in [-0.1, -0.05) is 12.5 Å². The summed E-state index contributed by atoms with van der Waals surface area (Å²) in [4.78, 5) is 18.8. The maximum absolute atomic E-state index is 12.5. The monoisotopic (exact) mass is 244 g/mol. The van der Waals surface area contributed by atoms with Crippen molar-refractivity contribution in [3.63, 3.8) is 0 Å². The van der Waals surface area contributed by atoms with Gasteiger partial charge in [-0.3, -0.25) is 9.78 Å². The van der Waals surface area contributed by atoms with E-state index in [0.29, 0.717) is 5.69 Å². The standard InChI is InChI=1S/C15H20N2O/c1-11-4-3-7-16-14(11)15(18)17-9-12-5-2-6-13(8-12)10-17/h3-4,7,12-13H,2,5-6,8-10H2,1H3. The molecule has 0 aromatic carbocycles. The lowest BCUT2D eigenvalue weighted by Gasteiger charge is -2.41. The van der Waals surface area contributed by atoms with E-state index in [9.17, 15) is 4.79 Å². The van der Waals surface area contributed by atoms with Crippen LogP contribution in [-0.2, 0) is 0 Å². The van der Waals surface area contributed by atoms with Crippen LogP contribution in [0.25, 0.3) is 0 Å². The number of piperidine rings is 1. The fourth-order valence-corrected chi connectivity index (χ4v) is 3.46. The normalized spacial score (nSPS) is 27.1. The van der Waals surface area contributed by atoms with E-state index < -0.39 is 0 Å². The Kier molecular flexibility index (Phi) is 3.06. The predicted molar refractivity (Wildman–Crippen MR) is 70.3 cm³/mol. The van der Waals surface area contributed by atoms with Gasteiger partial charge in [-0.25, -0.2) is 0 Å². The molecule has 1 saturated heterocycles. The van der Waals surface area contributed by atoms with Crippen molar-refractivity contribution in [3.05, 3.63) is 29.6 Å². The number of nitrogens with zero attached hydrogens (tertiary/aromatic N) is 2. The minimum absolute atomic E-state index is 0.129. The summed E-state index contributed by atoms with van der Waals surface area (Å²) in [5.74, 6) is 1.58. The number of hydrogen-bond donors (Lipinski definition) is 0. The second kappa shape index (κ2) is 4.71. The first kappa shape index (κ1) is 11.7. The lowest BCUT2D eigenvalue weighted by Crippen LogP contribution is -2.46. The maximum Gasteiger partial charge on any atom is 0.272 e. The van der Waals surface area contributed by atoms with E-state index in [1.807, 2.05) is 24.0 Å². The molecule has 2 atom stereocenters. The fourth-order valence-electron chi connectivity index (χ4n) is 3.46. The average molecular weight is 244 g/mol. The molecule has 0 spiro atoms. The van der Waals surface area contributed by atoms with Crippen LogP contribution >= 0.6 is 0 Å². The minimum atomic E-state index is 0.129. The van der Waals surface area contributed by atoms with Crippen LogP contribution in [0.3, 0.4) is 0 Å². The van der Waals surface area contributed by atoms with Crippen LogP contribution < -0.4 is 0 Å². The van der Waals surface area contributed by atoms with E-state index in [4.69, 9.17) is 0 Å². The van der Waals surface area contributed by atoms with Gasteiger partial charge in [-0.05, 0) is 49.7 Å². The second-order valence-electron chi connectivity index (χ2n) is 5.78. The summed E-state index contributed by atoms with van der Waals surface area (Å²) in [5.41, 5.74) is 1.62. The number of hydrogen-bond acceptors (Lipinski definition) is 2. The zero-order valence-electron chi connectivity index (χ0n) is 10.9. The Balaban J connectivity index is 1.79. The van der Waals surface area contributed by atoms with E-state index in [1.54, 1.807) is 6.20 Å². The first-order valence-electron chi connectivity index (χ1n) is 6.95. The number of rotatable bonds is 1. The first-order valence-corrected chi connectivity index (χ1v) is 6.95. The lowest BCUT2D eigenvalue weighted by molar-refractivity contribution is 0.0498. The highest BCUT2D eigenvalue weighted by Gasteiger charge is 2.33. The van der Waals surface area contributed by atoms with Crippen LogP contribution in [-0.4, -0.2) is 28.9 Å². The van der Waals surface area contributed by atoms with Gasteiger partial charge in [0.15, 0.2) is 0 Å². The van der Waals surface area contributed by atoms with Crippen molar-refractivity contribution in [1.29, 1.82) is 0 Å². The highest BCUT2D eigenvalue weighted by atomic mass is 16.2. The van der Waals surface area contributed by atoms with Crippen LogP contribution in [0.15, 0.2) is 18.3 Å². The van der Waals surface area contributed by atoms with Gasteiger partial charge in [0.1, 0.15) is 5.69 Å². The molecule has 0 radical (unpaired) electrons. The van der Waals surface area contributed by atoms with Gasteiger partial charge in [0.05, 0.1) is 0 Å². The molecule has 18 heavy (non-hydrogen) atoms. The molecule has 3 rings (SSSR count). The Labute approximate surface area is 108 Å². The number of likely N-dealkylation sites (tertiary alicyclic amines) is 1. The summed E-state index contributed by atoms with van der Waals surface area (Å²) >= 11 is 0. The van der Waals surface area contributed by atoms with Gasteiger partial charge in [0, 0.05) is 19.3 Å². The quantitative estimate of drug-likeness (QED) is 0.761. The molecule has 0 N–H and O–H groups in total. The van der Waals surface area contributed by atoms with Crippen LogP contribution in [0.4, 0.5) is 0 Å². The van der Waals surface area contributed by atoms with Gasteiger partial charge >= 0.3 is 0 Å². The Morgan fingerprint density at radius 2 is 2.06 bits per heavy atom. The van der Waals surface area contributed by atoms with Gasteiger partial charge in [-0.2, -0.15) is 0 Å². The molecule has 2 bridgehead atoms. The summed E-state index contributed by atoms with van der Waals surface area (Å²) in [5, 5.41) is 0. The van der Waals surface area contributed by atoms with E-state index in [1.165, 1.54) is 25.7 Å². The molecule has 3 nitrogen and oxygen atoms in total. The van der Waals surface area contributed by atoms with Gasteiger partial charge in [0.2, 0.25) is 0 Å². The van der Waals surface area contributed by atoms with E-state index in [2.05, 4.69) is 4.98 Å². The fraction of sp³-hybridized carbons (Fsp3) is 0.600. The molecule has 96 valence electrons. The molecule has 1 aliphatic carbocycles. The molecule has 1 aromatic heterocycles. The zero-order valence-corrected chi connectivity index (χ0v) is 10.9. The number of carbonyl (C=O) groups is 1. The van der Waals surface area contributed by atoms with E-state index >= 15 is 0 Å². The van der Waals surface area contributed by atoms with Crippen LogP contribution in [0, 0.1) is 18.8 Å². The lowest BCUT2D eigenvalue weighted by atomic mass is 9.78. The molecule has 1 aliphatic heterocycles. The number of aromatic nitrogens is 1. The molecule has 1 aromatic rings. The molecule has 1 amide bonds. The van der Waals surface area contributed by atoms with Crippen molar-refractivity contribution < 1.29 is 4.79 Å². The van der Waals surface area contributed by atoms with Crippen LogP contribution in [0.2, 0.25) is 0 Å². The van der Waals surface area contributed by atoms with Crippen molar-refractivity contribution in [2.75, 3.05) is 13.1 Å². The molecular weight excluding hydrogens is 224 g/mol. The minimum Gasteiger partial charge on any atom is -0.337 e. The first-order chi connectivity index (χ1) is 8.74. The van der Waals surface area contributed by atoms with Crippen molar-refractivity contribution >= 4 is 5.91 Å². The van der Waals surface area contributed by atoms with Gasteiger partial charge < -0.3 is 4.90 Å². The summed E-state index contributed by atoms with van der Waals surface area (Å²) in [7, 11) is 0. The number of amides is 1. The summed E-state index contributed by atoms with van der Waals surface area (Å²) < 4.78 is 0. The molecule has 2 unspecified atom stereocenters. The third-order valence-electron chi connectivity index (χ3n) is 4.35. The summed E-state index contributed by atoms with van der Waals surface area (Å²) in [6, 6.07) is 3.85. The molecular formula is C15H20N2O. The van der Waals surface area contributed by atoms with Gasteiger partial charge in [0.25, 0.3) is 5.91 Å². The van der Waals surface area contributed by atoms with Crippen molar-refractivity contribution in [2.24, 2.45) is 11.8 Å². The number of pyridine rings is 1. The van der Waals surface area contributed by atoms with E-state index in [-0.39, 0.29) is 5.91 Å². The second-order valence-corrected chi connectivity index (χ2v) is 5.78. The van der Waals surface area contributed by atoms with Crippen LogP contribution in [0.1, 0.15) is 41.7 Å². The molecule has 1 saturated carbocycles. The topological polar surface area (TPSA) is 33.2 Å². The van der Waals surface area contributed by atoms with Crippen molar-refractivity contribution in [3.8, 4) is 0 Å². The highest BCUT2D eigenvalue weighted by molar-refractivity contribution is 5.93. The predicted octanol–water partition coefficient (Wildman–Crippen LogP) is 2.65. The van der Waals surface area contributed by atoms with Crippen LogP contribution in [0.5, 0.6) is 0 Å². The molecule has 3 heteroatoms. The Morgan fingerprint density at radius 3 is 2.72 bits per heavy atom. The molecule has 2 fully saturated rings. The Morgan fingerprint density at radius 1 is 1.33 bits per heavy atom. The number of fused-ring (bicyclic) bond motifs is 2. The van der Waals surface area contributed by atoms with E-state index in [0.717, 1.165) is 30.5 Å². The molecule has 2 heterocycles. The Hall–Kier alpha value is -1.38. The Bertz CT molecular complexity index is 446. The third kappa shape index (κ3) is 2.14. The third-order valence-corrected chi connectivity index (χ3v) is 4.35. The number of carbonyl (C=O) groups excluding carboxylic acids is 1. The largest absolute Gasteiger partial charge is 0.337 e. The summed E-state index contributed by atoms with van der Waals surface area (Å²) in [6.45, 7) is 3.84. The SMILES string of the molecule is Cc1cccnc1C(=O)N1CC2CCCC(C2)C1. The van der Waals surface area contributed by atoms with Crippen molar-refractivity contribution in [1.82, 2.24) is 9.88 Å². The summed E-state index contributed by atoms with van der Waals surface area (Å²) in [6.07, 6.45) is 6.97. The van der Waals surface area contributed by atoms with Crippen molar-refractivity contribution in [2.45, 2.75) is 32.6 Å². The maximum atomic E-state index is 12.5. The zero-order chi connectivity index (χ0) is 12.5. The smallest absolute Gasteiger partial charge is 0.272 e. The van der Waals surface area contributed by atoms with Gasteiger partial charge in [-0.15, -0.1) is 0 Å². The average Bonchev–Trinajstić information content (AvgIpc) is 2.38. The highest BCUT2D eigenvalue weighted by Crippen LogP contribution is 2.34. The number of aryl methyl sites for hydroxylation is 1.